The molecule has 0 amide bonds. The Hall–Kier alpha value is -2.63. The second-order valence-electron chi connectivity index (χ2n) is 6.23. The molecule has 2 rings (SSSR count). The van der Waals surface area contributed by atoms with Gasteiger partial charge < -0.3 is 14.6 Å². The van der Waals surface area contributed by atoms with E-state index in [0.29, 0.717) is 28.1 Å². The number of aliphatic imine (C=N–C) groups is 1. The molecule has 0 fully saturated rings. The van der Waals surface area contributed by atoms with Gasteiger partial charge in [-0.15, -0.1) is 0 Å². The van der Waals surface area contributed by atoms with Gasteiger partial charge in [-0.1, -0.05) is 12.1 Å². The Bertz CT molecular complexity index is 768. The summed E-state index contributed by atoms with van der Waals surface area (Å²) in [7, 11) is 2.61. The molecule has 2 atom stereocenters. The zero-order chi connectivity index (χ0) is 18.9. The monoisotopic (exact) mass is 345 g/mol. The molecule has 25 heavy (non-hydrogen) atoms. The SMILES string of the molecule is COC(=O)C1=C(C)N=C(C)C(C(=O)OC)C1c1cc(C)c(O)c(C)c1. The maximum Gasteiger partial charge on any atom is 0.336 e. The van der Waals surface area contributed by atoms with Crippen LogP contribution >= 0.6 is 0 Å². The standard InChI is InChI=1S/C19H23NO5/c1-9-7-13(8-10(2)17(9)21)16-14(18(22)24-5)11(3)20-12(4)15(16)19(23)25-6/h7-8,14,16,21H,1-6H3. The molecule has 0 saturated carbocycles. The van der Waals surface area contributed by atoms with Crippen LogP contribution in [-0.2, 0) is 19.1 Å². The van der Waals surface area contributed by atoms with Crippen molar-refractivity contribution < 1.29 is 24.2 Å². The van der Waals surface area contributed by atoms with Gasteiger partial charge in [0.25, 0.3) is 0 Å². The Kier molecular flexibility index (Phi) is 5.30. The van der Waals surface area contributed by atoms with Crippen molar-refractivity contribution in [1.82, 2.24) is 0 Å². The summed E-state index contributed by atoms with van der Waals surface area (Å²) in [6.45, 7) is 7.01. The van der Waals surface area contributed by atoms with Crippen molar-refractivity contribution in [3.8, 4) is 5.75 Å². The van der Waals surface area contributed by atoms with E-state index < -0.39 is 23.8 Å². The van der Waals surface area contributed by atoms with Gasteiger partial charge in [0.05, 0.1) is 19.8 Å². The third-order valence-electron chi connectivity index (χ3n) is 4.56. The van der Waals surface area contributed by atoms with Crippen LogP contribution in [0.5, 0.6) is 5.75 Å². The fourth-order valence-corrected chi connectivity index (χ4v) is 3.37. The van der Waals surface area contributed by atoms with E-state index in [4.69, 9.17) is 9.47 Å². The first-order valence-electron chi connectivity index (χ1n) is 7.95. The van der Waals surface area contributed by atoms with Gasteiger partial charge in [0.1, 0.15) is 11.7 Å². The fourth-order valence-electron chi connectivity index (χ4n) is 3.37. The van der Waals surface area contributed by atoms with Crippen LogP contribution in [0.25, 0.3) is 0 Å². The number of hydrogen-bond acceptors (Lipinski definition) is 6. The Morgan fingerprint density at radius 2 is 1.60 bits per heavy atom. The van der Waals surface area contributed by atoms with Gasteiger partial charge in [0.15, 0.2) is 0 Å². The smallest absolute Gasteiger partial charge is 0.336 e. The predicted octanol–water partition coefficient (Wildman–Crippen LogP) is 2.80. The third kappa shape index (κ3) is 3.29. The van der Waals surface area contributed by atoms with Crippen LogP contribution in [0.1, 0.15) is 36.5 Å². The summed E-state index contributed by atoms with van der Waals surface area (Å²) in [5, 5.41) is 10.1. The zero-order valence-electron chi connectivity index (χ0n) is 15.3. The van der Waals surface area contributed by atoms with Gasteiger partial charge in [-0.25, -0.2) is 4.79 Å². The minimum atomic E-state index is -0.730. The fraction of sp³-hybridized carbons (Fsp3) is 0.421. The Balaban J connectivity index is 2.75. The summed E-state index contributed by atoms with van der Waals surface area (Å²) in [5.74, 6) is -2.12. The van der Waals surface area contributed by atoms with Crippen molar-refractivity contribution in [1.29, 1.82) is 0 Å². The first kappa shape index (κ1) is 18.7. The summed E-state index contributed by atoms with van der Waals surface area (Å²) < 4.78 is 9.87. The summed E-state index contributed by atoms with van der Waals surface area (Å²) in [4.78, 5) is 29.2. The van der Waals surface area contributed by atoms with E-state index >= 15 is 0 Å². The number of allylic oxidation sites excluding steroid dienone is 1. The molecular formula is C19H23NO5. The molecule has 1 N–H and O–H groups in total. The van der Waals surface area contributed by atoms with Gasteiger partial charge in [-0.3, -0.25) is 9.79 Å². The lowest BCUT2D eigenvalue weighted by Gasteiger charge is -2.31. The second-order valence-corrected chi connectivity index (χ2v) is 6.23. The summed E-state index contributed by atoms with van der Waals surface area (Å²) in [6, 6.07) is 3.55. The normalized spacial score (nSPS) is 20.2. The van der Waals surface area contributed by atoms with Gasteiger partial charge in [-0.05, 0) is 44.4 Å². The number of phenols is 1. The van der Waals surface area contributed by atoms with Crippen LogP contribution in [0.3, 0.4) is 0 Å². The largest absolute Gasteiger partial charge is 0.507 e. The Morgan fingerprint density at radius 3 is 2.08 bits per heavy atom. The van der Waals surface area contributed by atoms with Crippen LogP contribution in [-0.4, -0.2) is 37.0 Å². The van der Waals surface area contributed by atoms with Gasteiger partial charge >= 0.3 is 11.9 Å². The van der Waals surface area contributed by atoms with Crippen LogP contribution in [0.2, 0.25) is 0 Å². The minimum absolute atomic E-state index is 0.194. The molecule has 6 heteroatoms. The maximum atomic E-state index is 12.4. The van der Waals surface area contributed by atoms with E-state index in [0.717, 1.165) is 5.56 Å². The number of carbonyl (C=O) groups excluding carboxylic acids is 2. The third-order valence-corrected chi connectivity index (χ3v) is 4.56. The van der Waals surface area contributed by atoms with E-state index in [-0.39, 0.29) is 5.75 Å². The highest BCUT2D eigenvalue weighted by molar-refractivity contribution is 6.07. The molecule has 0 radical (unpaired) electrons. The minimum Gasteiger partial charge on any atom is -0.507 e. The van der Waals surface area contributed by atoms with E-state index in [9.17, 15) is 14.7 Å². The second kappa shape index (κ2) is 7.09. The molecule has 0 aliphatic carbocycles. The lowest BCUT2D eigenvalue weighted by molar-refractivity contribution is -0.143. The van der Waals surface area contributed by atoms with E-state index in [1.807, 2.05) is 0 Å². The molecule has 0 saturated heterocycles. The maximum absolute atomic E-state index is 12.4. The quantitative estimate of drug-likeness (QED) is 0.852. The molecule has 1 heterocycles. The Morgan fingerprint density at radius 1 is 1.04 bits per heavy atom. The molecule has 134 valence electrons. The Labute approximate surface area is 147 Å². The number of ether oxygens (including phenoxy) is 2. The topological polar surface area (TPSA) is 85.2 Å². The van der Waals surface area contributed by atoms with Gasteiger partial charge in [0.2, 0.25) is 0 Å². The van der Waals surface area contributed by atoms with Gasteiger partial charge in [-0.2, -0.15) is 0 Å². The number of rotatable bonds is 3. The first-order chi connectivity index (χ1) is 11.7. The first-order valence-corrected chi connectivity index (χ1v) is 7.95. The number of nitrogens with zero attached hydrogens (tertiary/aromatic N) is 1. The van der Waals surface area contributed by atoms with Crippen molar-refractivity contribution in [3.05, 3.63) is 40.1 Å². The lowest BCUT2D eigenvalue weighted by Crippen LogP contribution is -2.36. The number of esters is 2. The molecule has 6 nitrogen and oxygen atoms in total. The summed E-state index contributed by atoms with van der Waals surface area (Å²) in [5.41, 5.74) is 3.48. The number of methoxy groups -OCH3 is 2. The number of benzene rings is 1. The summed E-state index contributed by atoms with van der Waals surface area (Å²) >= 11 is 0. The highest BCUT2D eigenvalue weighted by atomic mass is 16.5. The molecule has 0 aromatic heterocycles. The predicted molar refractivity (Wildman–Crippen MR) is 93.7 cm³/mol. The van der Waals surface area contributed by atoms with E-state index in [1.54, 1.807) is 39.8 Å². The molecule has 1 aliphatic heterocycles. The molecule has 0 spiro atoms. The molecular weight excluding hydrogens is 322 g/mol. The van der Waals surface area contributed by atoms with E-state index in [2.05, 4.69) is 4.99 Å². The van der Waals surface area contributed by atoms with Crippen molar-refractivity contribution >= 4 is 17.7 Å². The van der Waals surface area contributed by atoms with Crippen LogP contribution in [0, 0.1) is 19.8 Å². The van der Waals surface area contributed by atoms with Crippen molar-refractivity contribution in [2.45, 2.75) is 33.6 Å². The van der Waals surface area contributed by atoms with Crippen LogP contribution < -0.4 is 0 Å². The summed E-state index contributed by atoms with van der Waals surface area (Å²) in [6.07, 6.45) is 0. The van der Waals surface area contributed by atoms with Crippen molar-refractivity contribution in [2.24, 2.45) is 10.9 Å². The number of aryl methyl sites for hydroxylation is 2. The van der Waals surface area contributed by atoms with Crippen LogP contribution in [0.15, 0.2) is 28.4 Å². The average Bonchev–Trinajstić information content (AvgIpc) is 2.57. The van der Waals surface area contributed by atoms with Gasteiger partial charge in [0, 0.05) is 17.3 Å². The number of hydrogen-bond donors (Lipinski definition) is 1. The highest BCUT2D eigenvalue weighted by Crippen LogP contribution is 2.41. The molecule has 1 aromatic rings. The number of aromatic hydroxyl groups is 1. The average molecular weight is 345 g/mol. The van der Waals surface area contributed by atoms with Crippen LogP contribution in [0.4, 0.5) is 0 Å². The number of carbonyl (C=O) groups is 2. The molecule has 1 aliphatic rings. The van der Waals surface area contributed by atoms with E-state index in [1.165, 1.54) is 14.2 Å². The molecule has 2 unspecified atom stereocenters. The molecule has 0 bridgehead atoms. The zero-order valence-corrected chi connectivity index (χ0v) is 15.3. The highest BCUT2D eigenvalue weighted by Gasteiger charge is 2.42. The molecule has 1 aromatic carbocycles. The van der Waals surface area contributed by atoms with Crippen molar-refractivity contribution in [2.75, 3.05) is 14.2 Å². The lowest BCUT2D eigenvalue weighted by atomic mass is 9.75. The van der Waals surface area contributed by atoms with Crippen molar-refractivity contribution in [3.63, 3.8) is 0 Å². The number of phenolic OH excluding ortho intramolecular Hbond substituents is 1.